The highest BCUT2D eigenvalue weighted by molar-refractivity contribution is 8.14. The summed E-state index contributed by atoms with van der Waals surface area (Å²) in [6, 6.07) is 0.160. The summed E-state index contributed by atoms with van der Waals surface area (Å²) in [4.78, 5) is 36.8. The Bertz CT molecular complexity index is 451. The molecule has 0 aromatic carbocycles. The SMILES string of the molecule is CC(=O)SC1CN(C(=O)N2CCCC2)C1.CC(=O)SC1CNC1.Cl. The lowest BCUT2D eigenvalue weighted by Crippen LogP contribution is -2.56. The van der Waals surface area contributed by atoms with E-state index < -0.39 is 0 Å². The van der Waals surface area contributed by atoms with E-state index in [2.05, 4.69) is 5.32 Å². The number of hydrogen-bond acceptors (Lipinski definition) is 6. The average molecular weight is 396 g/mol. The molecule has 0 aromatic rings. The van der Waals surface area contributed by atoms with Crippen molar-refractivity contribution in [1.29, 1.82) is 0 Å². The van der Waals surface area contributed by atoms with E-state index in [9.17, 15) is 14.4 Å². The summed E-state index contributed by atoms with van der Waals surface area (Å²) < 4.78 is 0. The molecule has 0 saturated carbocycles. The Hall–Kier alpha value is -0.440. The maximum absolute atomic E-state index is 11.8. The molecule has 3 rings (SSSR count). The van der Waals surface area contributed by atoms with Gasteiger partial charge in [0.05, 0.1) is 0 Å². The highest BCUT2D eigenvalue weighted by Crippen LogP contribution is 2.24. The van der Waals surface area contributed by atoms with Gasteiger partial charge in [0.2, 0.25) is 0 Å². The zero-order valence-electron chi connectivity index (χ0n) is 14.2. The quantitative estimate of drug-likeness (QED) is 0.769. The minimum Gasteiger partial charge on any atom is -0.325 e. The monoisotopic (exact) mass is 395 g/mol. The smallest absolute Gasteiger partial charge is 0.320 e. The van der Waals surface area contributed by atoms with Crippen LogP contribution in [-0.2, 0) is 9.59 Å². The summed E-state index contributed by atoms with van der Waals surface area (Å²) >= 11 is 2.79. The van der Waals surface area contributed by atoms with Crippen LogP contribution in [0, 0.1) is 0 Å². The minimum atomic E-state index is 0. The number of nitrogens with zero attached hydrogens (tertiary/aromatic N) is 2. The molecule has 6 nitrogen and oxygen atoms in total. The van der Waals surface area contributed by atoms with Crippen molar-refractivity contribution in [2.24, 2.45) is 0 Å². The molecule has 0 radical (unpaired) electrons. The molecule has 0 atom stereocenters. The van der Waals surface area contributed by atoms with Gasteiger partial charge in [-0.25, -0.2) is 4.79 Å². The van der Waals surface area contributed by atoms with Crippen LogP contribution in [-0.4, -0.2) is 75.8 Å². The molecule has 0 bridgehead atoms. The molecular weight excluding hydrogens is 370 g/mol. The van der Waals surface area contributed by atoms with Gasteiger partial charge in [0.1, 0.15) is 0 Å². The number of hydrogen-bond donors (Lipinski definition) is 1. The number of thioether (sulfide) groups is 2. The van der Waals surface area contributed by atoms with Gasteiger partial charge in [0.15, 0.2) is 10.2 Å². The molecule has 3 saturated heterocycles. The van der Waals surface area contributed by atoms with Crippen LogP contribution in [0.25, 0.3) is 0 Å². The first-order valence-electron chi connectivity index (χ1n) is 8.04. The van der Waals surface area contributed by atoms with E-state index in [0.29, 0.717) is 10.5 Å². The number of urea groups is 1. The number of nitrogens with one attached hydrogen (secondary N) is 1. The minimum absolute atomic E-state index is 0. The van der Waals surface area contributed by atoms with E-state index in [1.54, 1.807) is 13.8 Å². The van der Waals surface area contributed by atoms with E-state index in [1.165, 1.54) is 23.5 Å². The largest absolute Gasteiger partial charge is 0.325 e. The van der Waals surface area contributed by atoms with E-state index in [4.69, 9.17) is 0 Å². The lowest BCUT2D eigenvalue weighted by molar-refractivity contribution is -0.110. The Morgan fingerprint density at radius 2 is 1.38 bits per heavy atom. The van der Waals surface area contributed by atoms with Crippen molar-refractivity contribution in [3.05, 3.63) is 0 Å². The molecule has 0 unspecified atom stereocenters. The molecule has 3 heterocycles. The summed E-state index contributed by atoms with van der Waals surface area (Å²) in [5.74, 6) is 0. The molecule has 0 spiro atoms. The summed E-state index contributed by atoms with van der Waals surface area (Å²) in [7, 11) is 0. The summed E-state index contributed by atoms with van der Waals surface area (Å²) in [5, 5.41) is 4.36. The second-order valence-electron chi connectivity index (χ2n) is 6.00. The second-order valence-corrected chi connectivity index (χ2v) is 8.96. The third-order valence-electron chi connectivity index (χ3n) is 3.90. The zero-order valence-corrected chi connectivity index (χ0v) is 16.6. The average Bonchev–Trinajstić information content (AvgIpc) is 2.91. The van der Waals surface area contributed by atoms with Crippen LogP contribution in [0.15, 0.2) is 0 Å². The predicted molar refractivity (Wildman–Crippen MR) is 102 cm³/mol. The van der Waals surface area contributed by atoms with Gasteiger partial charge in [-0.2, -0.15) is 0 Å². The van der Waals surface area contributed by atoms with E-state index in [-0.39, 0.29) is 28.7 Å². The van der Waals surface area contributed by atoms with Gasteiger partial charge in [0, 0.05) is 63.6 Å². The van der Waals surface area contributed by atoms with Crippen LogP contribution in [0.3, 0.4) is 0 Å². The predicted octanol–water partition coefficient (Wildman–Crippen LogP) is 1.83. The van der Waals surface area contributed by atoms with Crippen LogP contribution in [0.1, 0.15) is 26.7 Å². The Labute approximate surface area is 158 Å². The molecule has 0 aliphatic carbocycles. The molecule has 0 aromatic heterocycles. The van der Waals surface area contributed by atoms with Crippen LogP contribution in [0.2, 0.25) is 0 Å². The molecule has 2 amide bonds. The van der Waals surface area contributed by atoms with Crippen LogP contribution in [0.4, 0.5) is 4.79 Å². The van der Waals surface area contributed by atoms with Gasteiger partial charge in [-0.05, 0) is 12.8 Å². The highest BCUT2D eigenvalue weighted by atomic mass is 35.5. The number of halogens is 1. The molecular formula is C15H26ClN3O3S2. The summed E-state index contributed by atoms with van der Waals surface area (Å²) in [6.45, 7) is 8.48. The maximum atomic E-state index is 11.8. The number of rotatable bonds is 2. The molecule has 138 valence electrons. The van der Waals surface area contributed by atoms with Crippen molar-refractivity contribution < 1.29 is 14.4 Å². The Morgan fingerprint density at radius 3 is 1.75 bits per heavy atom. The summed E-state index contributed by atoms with van der Waals surface area (Å²) in [6.07, 6.45) is 2.26. The highest BCUT2D eigenvalue weighted by Gasteiger charge is 2.34. The fraction of sp³-hybridized carbons (Fsp3) is 0.800. The molecule has 3 aliphatic heterocycles. The lowest BCUT2D eigenvalue weighted by Gasteiger charge is -2.40. The molecule has 3 fully saturated rings. The number of carbonyl (C=O) groups is 3. The van der Waals surface area contributed by atoms with Crippen LogP contribution in [0.5, 0.6) is 0 Å². The van der Waals surface area contributed by atoms with Gasteiger partial charge >= 0.3 is 6.03 Å². The van der Waals surface area contributed by atoms with Crippen molar-refractivity contribution in [3.8, 4) is 0 Å². The second kappa shape index (κ2) is 10.5. The van der Waals surface area contributed by atoms with Crippen LogP contribution >= 0.6 is 35.9 Å². The van der Waals surface area contributed by atoms with E-state index in [1.807, 2.05) is 9.80 Å². The maximum Gasteiger partial charge on any atom is 0.320 e. The van der Waals surface area contributed by atoms with Gasteiger partial charge in [0.25, 0.3) is 0 Å². The topological polar surface area (TPSA) is 69.7 Å². The zero-order chi connectivity index (χ0) is 16.8. The standard InChI is InChI=1S/C10H16N2O2S.C5H9NOS.ClH/c1-8(13)15-9-6-12(7-9)10(14)11-4-2-3-5-11;1-4(7)8-5-2-6-3-5;/h9H,2-7H2,1H3;5-6H,2-3H2,1H3;1H. The first-order chi connectivity index (χ1) is 11.0. The van der Waals surface area contributed by atoms with Crippen molar-refractivity contribution in [1.82, 2.24) is 15.1 Å². The first kappa shape index (κ1) is 21.6. The third-order valence-corrected chi connectivity index (χ3v) is 5.87. The van der Waals surface area contributed by atoms with Crippen LogP contribution < -0.4 is 5.32 Å². The van der Waals surface area contributed by atoms with E-state index in [0.717, 1.165) is 52.1 Å². The lowest BCUT2D eigenvalue weighted by atomic mass is 10.2. The van der Waals surface area contributed by atoms with Crippen molar-refractivity contribution in [2.45, 2.75) is 37.2 Å². The normalized spacial score (nSPS) is 20.2. The van der Waals surface area contributed by atoms with Gasteiger partial charge in [-0.15, -0.1) is 12.4 Å². The third kappa shape index (κ3) is 6.82. The number of carbonyl (C=O) groups excluding carboxylic acids is 3. The van der Waals surface area contributed by atoms with Gasteiger partial charge in [-0.3, -0.25) is 9.59 Å². The fourth-order valence-corrected chi connectivity index (χ4v) is 4.44. The number of likely N-dealkylation sites (tertiary alicyclic amines) is 2. The Morgan fingerprint density at radius 1 is 0.875 bits per heavy atom. The van der Waals surface area contributed by atoms with Crippen molar-refractivity contribution in [3.63, 3.8) is 0 Å². The molecule has 1 N–H and O–H groups in total. The molecule has 9 heteroatoms. The van der Waals surface area contributed by atoms with Gasteiger partial charge in [-0.1, -0.05) is 23.5 Å². The Kier molecular flexibility index (Phi) is 9.48. The number of amides is 2. The summed E-state index contributed by atoms with van der Waals surface area (Å²) in [5.41, 5.74) is 0. The first-order valence-corrected chi connectivity index (χ1v) is 9.80. The molecule has 24 heavy (non-hydrogen) atoms. The van der Waals surface area contributed by atoms with Crippen molar-refractivity contribution >= 4 is 52.2 Å². The Balaban J connectivity index is 0.000000273. The fourth-order valence-electron chi connectivity index (χ4n) is 2.59. The van der Waals surface area contributed by atoms with Crippen molar-refractivity contribution in [2.75, 3.05) is 39.3 Å². The van der Waals surface area contributed by atoms with Gasteiger partial charge < -0.3 is 15.1 Å². The molecule has 3 aliphatic rings. The van der Waals surface area contributed by atoms with E-state index >= 15 is 0 Å².